The molecule has 0 radical (unpaired) electrons. The highest BCUT2D eigenvalue weighted by molar-refractivity contribution is 5.81. The maximum atomic E-state index is 12.2. The zero-order valence-electron chi connectivity index (χ0n) is 9.27. The summed E-state index contributed by atoms with van der Waals surface area (Å²) < 4.78 is 30.9. The largest absolute Gasteiger partial charge is 0.435 e. The Morgan fingerprint density at radius 2 is 2.06 bits per heavy atom. The molecule has 3 rings (SSSR count). The van der Waals surface area contributed by atoms with Crippen molar-refractivity contribution in [3.05, 3.63) is 30.5 Å². The van der Waals surface area contributed by atoms with E-state index in [1.54, 1.807) is 12.1 Å². The summed E-state index contributed by atoms with van der Waals surface area (Å²) in [5.41, 5.74) is 0.979. The Morgan fingerprint density at radius 1 is 1.24 bits per heavy atom. The maximum Gasteiger partial charge on any atom is 0.387 e. The first-order chi connectivity index (χ1) is 8.24. The number of halogens is 2. The van der Waals surface area contributed by atoms with Crippen LogP contribution in [0.25, 0.3) is 10.9 Å². The van der Waals surface area contributed by atoms with Crippen LogP contribution in [0.2, 0.25) is 0 Å². The fraction of sp³-hybridized carbons (Fsp3) is 0.385. The Morgan fingerprint density at radius 3 is 2.71 bits per heavy atom. The van der Waals surface area contributed by atoms with Crippen LogP contribution >= 0.6 is 0 Å². The summed E-state index contributed by atoms with van der Waals surface area (Å²) in [4.78, 5) is 0. The monoisotopic (exact) mass is 237 g/mol. The smallest absolute Gasteiger partial charge is 0.387 e. The molecular weight excluding hydrogens is 224 g/mol. The molecule has 1 aromatic heterocycles. The lowest BCUT2D eigenvalue weighted by Crippen LogP contribution is -2.15. The normalized spacial score (nSPS) is 16.4. The molecule has 0 N–H and O–H groups in total. The van der Waals surface area contributed by atoms with Crippen LogP contribution in [-0.2, 0) is 0 Å². The number of aromatic nitrogens is 1. The average molecular weight is 237 g/mol. The molecule has 0 amide bonds. The molecule has 0 atom stereocenters. The Kier molecular flexibility index (Phi) is 2.50. The summed E-state index contributed by atoms with van der Waals surface area (Å²) in [6.07, 6.45) is 5.62. The van der Waals surface area contributed by atoms with E-state index in [1.165, 1.54) is 19.3 Å². The minimum absolute atomic E-state index is 0.228. The molecule has 1 aliphatic rings. The molecule has 0 bridgehead atoms. The summed E-state index contributed by atoms with van der Waals surface area (Å²) in [5, 5.41) is 1.07. The predicted octanol–water partition coefficient (Wildman–Crippen LogP) is 3.97. The number of ether oxygens (including phenoxy) is 1. The number of rotatable bonds is 3. The van der Waals surface area contributed by atoms with Gasteiger partial charge in [-0.15, -0.1) is 0 Å². The van der Waals surface area contributed by atoms with Crippen molar-refractivity contribution >= 4 is 10.9 Å². The van der Waals surface area contributed by atoms with Crippen LogP contribution in [0.4, 0.5) is 8.78 Å². The first-order valence-electron chi connectivity index (χ1n) is 5.79. The van der Waals surface area contributed by atoms with Crippen molar-refractivity contribution in [2.24, 2.45) is 0 Å². The van der Waals surface area contributed by atoms with E-state index in [2.05, 4.69) is 9.30 Å². The quantitative estimate of drug-likeness (QED) is 0.787. The average Bonchev–Trinajstić information content (AvgIpc) is 2.58. The molecule has 0 spiro atoms. The Hall–Kier alpha value is -1.58. The minimum Gasteiger partial charge on any atom is -0.435 e. The van der Waals surface area contributed by atoms with Gasteiger partial charge >= 0.3 is 6.61 Å². The highest BCUT2D eigenvalue weighted by Crippen LogP contribution is 2.35. The molecule has 1 aliphatic carbocycles. The van der Waals surface area contributed by atoms with Gasteiger partial charge in [-0.3, -0.25) is 0 Å². The molecule has 4 heteroatoms. The highest BCUT2D eigenvalue weighted by Gasteiger charge is 2.20. The standard InChI is InChI=1S/C13H13F2NO/c14-13(15)17-11-5-4-9-6-7-16(12(9)8-11)10-2-1-3-10/h4-8,10,13H,1-3H2. The van der Waals surface area contributed by atoms with Gasteiger partial charge in [0.05, 0.1) is 5.52 Å². The predicted molar refractivity (Wildman–Crippen MR) is 61.5 cm³/mol. The lowest BCUT2D eigenvalue weighted by Gasteiger charge is -2.28. The molecular formula is C13H13F2NO. The van der Waals surface area contributed by atoms with Gasteiger partial charge in [0.1, 0.15) is 5.75 Å². The van der Waals surface area contributed by atoms with Gasteiger partial charge in [-0.25, -0.2) is 0 Å². The third-order valence-corrected chi connectivity index (χ3v) is 3.39. The summed E-state index contributed by atoms with van der Waals surface area (Å²) in [5.74, 6) is 0.228. The van der Waals surface area contributed by atoms with E-state index in [1.807, 2.05) is 18.3 Å². The van der Waals surface area contributed by atoms with Gasteiger partial charge in [0, 0.05) is 18.3 Å². The number of nitrogens with zero attached hydrogens (tertiary/aromatic N) is 1. The number of benzene rings is 1. The van der Waals surface area contributed by atoms with Crippen LogP contribution < -0.4 is 4.74 Å². The first-order valence-corrected chi connectivity index (χ1v) is 5.79. The zero-order chi connectivity index (χ0) is 11.8. The first kappa shape index (κ1) is 10.6. The lowest BCUT2D eigenvalue weighted by molar-refractivity contribution is -0.0497. The lowest BCUT2D eigenvalue weighted by atomic mass is 9.93. The van der Waals surface area contributed by atoms with Gasteiger partial charge in [0.15, 0.2) is 0 Å². The van der Waals surface area contributed by atoms with Crippen molar-refractivity contribution in [2.45, 2.75) is 31.9 Å². The molecule has 0 aliphatic heterocycles. The van der Waals surface area contributed by atoms with E-state index in [0.717, 1.165) is 10.9 Å². The number of alkyl halides is 2. The van der Waals surface area contributed by atoms with Gasteiger partial charge in [0.2, 0.25) is 0 Å². The molecule has 1 saturated carbocycles. The van der Waals surface area contributed by atoms with E-state index in [-0.39, 0.29) is 5.75 Å². The molecule has 1 aromatic carbocycles. The van der Waals surface area contributed by atoms with Crippen LogP contribution in [0, 0.1) is 0 Å². The Labute approximate surface area is 97.8 Å². The minimum atomic E-state index is -2.76. The zero-order valence-corrected chi connectivity index (χ0v) is 9.27. The van der Waals surface area contributed by atoms with Crippen molar-refractivity contribution in [3.8, 4) is 5.75 Å². The van der Waals surface area contributed by atoms with E-state index in [4.69, 9.17) is 0 Å². The van der Waals surface area contributed by atoms with E-state index < -0.39 is 6.61 Å². The Bertz CT molecular complexity index is 531. The molecule has 17 heavy (non-hydrogen) atoms. The van der Waals surface area contributed by atoms with Crippen molar-refractivity contribution in [1.29, 1.82) is 0 Å². The molecule has 1 fully saturated rings. The van der Waals surface area contributed by atoms with Crippen LogP contribution in [0.3, 0.4) is 0 Å². The SMILES string of the molecule is FC(F)Oc1ccc2ccn(C3CCC3)c2c1. The van der Waals surface area contributed by atoms with Gasteiger partial charge in [-0.1, -0.05) is 0 Å². The second-order valence-electron chi connectivity index (χ2n) is 4.41. The molecule has 0 unspecified atom stereocenters. The molecule has 1 heterocycles. The van der Waals surface area contributed by atoms with Crippen LogP contribution in [0.1, 0.15) is 25.3 Å². The third kappa shape index (κ3) is 1.88. The summed E-state index contributed by atoms with van der Waals surface area (Å²) in [6.45, 7) is -2.76. The second kappa shape index (κ2) is 4.02. The molecule has 2 aromatic rings. The van der Waals surface area contributed by atoms with Crippen LogP contribution in [0.5, 0.6) is 5.75 Å². The van der Waals surface area contributed by atoms with Gasteiger partial charge in [-0.05, 0) is 42.8 Å². The molecule has 0 saturated heterocycles. The van der Waals surface area contributed by atoms with E-state index >= 15 is 0 Å². The van der Waals surface area contributed by atoms with Crippen molar-refractivity contribution in [1.82, 2.24) is 4.57 Å². The molecule has 90 valence electrons. The van der Waals surface area contributed by atoms with E-state index in [0.29, 0.717) is 6.04 Å². The number of fused-ring (bicyclic) bond motifs is 1. The third-order valence-electron chi connectivity index (χ3n) is 3.39. The summed E-state index contributed by atoms with van der Waals surface area (Å²) in [7, 11) is 0. The summed E-state index contributed by atoms with van der Waals surface area (Å²) >= 11 is 0. The molecule has 2 nitrogen and oxygen atoms in total. The fourth-order valence-electron chi connectivity index (χ4n) is 2.29. The van der Waals surface area contributed by atoms with E-state index in [9.17, 15) is 8.78 Å². The Balaban J connectivity index is 2.00. The van der Waals surface area contributed by atoms with Crippen molar-refractivity contribution in [2.75, 3.05) is 0 Å². The second-order valence-corrected chi connectivity index (χ2v) is 4.41. The topological polar surface area (TPSA) is 14.2 Å². The van der Waals surface area contributed by atoms with Gasteiger partial charge in [0.25, 0.3) is 0 Å². The number of hydrogen-bond donors (Lipinski definition) is 0. The van der Waals surface area contributed by atoms with Crippen molar-refractivity contribution < 1.29 is 13.5 Å². The van der Waals surface area contributed by atoms with Crippen LogP contribution in [-0.4, -0.2) is 11.2 Å². The summed E-state index contributed by atoms with van der Waals surface area (Å²) in [6, 6.07) is 7.64. The maximum absolute atomic E-state index is 12.2. The highest BCUT2D eigenvalue weighted by atomic mass is 19.3. The fourth-order valence-corrected chi connectivity index (χ4v) is 2.29. The van der Waals surface area contributed by atoms with Crippen LogP contribution in [0.15, 0.2) is 30.5 Å². The van der Waals surface area contributed by atoms with Gasteiger partial charge < -0.3 is 9.30 Å². The van der Waals surface area contributed by atoms with Gasteiger partial charge in [-0.2, -0.15) is 8.78 Å². The number of hydrogen-bond acceptors (Lipinski definition) is 1. The van der Waals surface area contributed by atoms with Crippen molar-refractivity contribution in [3.63, 3.8) is 0 Å².